The minimum absolute atomic E-state index is 0. The third-order valence-electron chi connectivity index (χ3n) is 0.354. The van der Waals surface area contributed by atoms with Gasteiger partial charge in [0.15, 0.2) is 18.8 Å². The molecule has 4 radical (unpaired) electrons. The van der Waals surface area contributed by atoms with E-state index in [4.69, 9.17) is 4.12 Å². The van der Waals surface area contributed by atoms with Gasteiger partial charge in [-0.3, -0.25) is 0 Å². The van der Waals surface area contributed by atoms with Crippen LogP contribution >= 0.6 is 0 Å². The van der Waals surface area contributed by atoms with E-state index in [1.165, 1.54) is 0 Å². The minimum Gasteiger partial charge on any atom is -0.458 e. The normalized spacial score (nSPS) is 5.45. The molecule has 0 atom stereocenters. The molecule has 5 heteroatoms. The van der Waals surface area contributed by atoms with Crippen LogP contribution in [0.5, 0.6) is 0 Å². The van der Waals surface area contributed by atoms with Gasteiger partial charge in [0, 0.05) is 65.4 Å². The van der Waals surface area contributed by atoms with Crippen molar-refractivity contribution in [1.82, 2.24) is 0 Å². The van der Waals surface area contributed by atoms with Crippen molar-refractivity contribution in [2.24, 2.45) is 0 Å². The van der Waals surface area contributed by atoms with Crippen LogP contribution < -0.4 is 0 Å². The largest absolute Gasteiger partial charge is 0.458 e. The molecule has 0 saturated heterocycles. The van der Waals surface area contributed by atoms with Crippen LogP contribution in [0, 0.1) is 22.3 Å². The van der Waals surface area contributed by atoms with Crippen molar-refractivity contribution in [2.75, 3.05) is 0 Å². The Morgan fingerprint density at radius 3 is 1.27 bits per heavy atom. The quantitative estimate of drug-likeness (QED) is 0.552. The molecule has 0 aromatic heterocycles. The van der Waals surface area contributed by atoms with Crippen molar-refractivity contribution in [3.8, 4) is 0 Å². The summed E-state index contributed by atoms with van der Waals surface area (Å²) in [5.41, 5.74) is 0. The maximum Gasteiger partial charge on any atom is 0.190 e. The van der Waals surface area contributed by atoms with Gasteiger partial charge in [0.05, 0.1) is 0 Å². The molecule has 0 aliphatic carbocycles. The van der Waals surface area contributed by atoms with Crippen molar-refractivity contribution < 1.29 is 69.5 Å². The summed E-state index contributed by atoms with van der Waals surface area (Å²) in [6.45, 7) is 6.42. The molecule has 0 bridgehead atoms. The van der Waals surface area contributed by atoms with Gasteiger partial charge < -0.3 is 26.4 Å². The summed E-state index contributed by atoms with van der Waals surface area (Å²) in [5, 5.41) is 0. The molecule has 0 aliphatic rings. The zero-order valence-electron chi connectivity index (χ0n) is 8.64. The second-order valence-corrected chi connectivity index (χ2v) is 4.49. The van der Waals surface area contributed by atoms with Crippen LogP contribution in [0.1, 0.15) is 0 Å². The second-order valence-electron chi connectivity index (χ2n) is 1.26. The number of hydrogen-bond donors (Lipinski definition) is 0. The second kappa shape index (κ2) is 29.4. The molecule has 66 valence electrons. The molecule has 0 rings (SSSR count). The molecule has 0 aromatic carbocycles. The van der Waals surface area contributed by atoms with Crippen LogP contribution in [0.3, 0.4) is 0 Å². The Bertz CT molecular complexity index is 39.8. The average Bonchev–Trinajstić information content (AvgIpc) is 1.35. The fourth-order valence-corrected chi connectivity index (χ4v) is 2.12. The van der Waals surface area contributed by atoms with Crippen LogP contribution in [0.4, 0.5) is 0 Å². The molecule has 0 amide bonds. The predicted molar refractivity (Wildman–Crippen MR) is 50.8 cm³/mol. The van der Waals surface area contributed by atoms with Crippen molar-refractivity contribution >= 4 is 18.8 Å². The summed E-state index contributed by atoms with van der Waals surface area (Å²) in [6.07, 6.45) is 0. The Labute approximate surface area is 128 Å². The topological polar surface area (TPSA) is 9.23 Å². The summed E-state index contributed by atoms with van der Waals surface area (Å²) in [7, 11) is -0.0509. The van der Waals surface area contributed by atoms with Crippen molar-refractivity contribution in [3.63, 3.8) is 0 Å². The first-order valence-electron chi connectivity index (χ1n) is 2.02. The van der Waals surface area contributed by atoms with Gasteiger partial charge >= 0.3 is 0 Å². The van der Waals surface area contributed by atoms with Crippen LogP contribution in [-0.2, 0) is 69.5 Å². The zero-order chi connectivity index (χ0) is 4.99. The molecule has 0 heterocycles. The van der Waals surface area contributed by atoms with E-state index in [1.54, 1.807) is 0 Å². The van der Waals surface area contributed by atoms with E-state index in [0.717, 1.165) is 0 Å². The van der Waals surface area contributed by atoms with Crippen molar-refractivity contribution in [1.29, 1.82) is 0 Å². The third kappa shape index (κ3) is 45.1. The summed E-state index contributed by atoms with van der Waals surface area (Å²) in [5.74, 6) is 0. The molecule has 11 heavy (non-hydrogen) atoms. The molecule has 0 N–H and O–H groups in total. The van der Waals surface area contributed by atoms with Gasteiger partial charge in [-0.05, 0) is 19.6 Å². The number of hydrogen-bond acceptors (Lipinski definition) is 1. The van der Waals surface area contributed by atoms with Crippen molar-refractivity contribution in [2.45, 2.75) is 19.6 Å². The van der Waals surface area contributed by atoms with Gasteiger partial charge in [-0.1, -0.05) is 0 Å². The van der Waals surface area contributed by atoms with E-state index in [0.29, 0.717) is 9.76 Å². The van der Waals surface area contributed by atoms with Gasteiger partial charge in [0.1, 0.15) is 0 Å². The smallest absolute Gasteiger partial charge is 0.190 e. The molecule has 0 aromatic rings. The number of rotatable bonds is 2. The van der Waals surface area contributed by atoms with Gasteiger partial charge in [-0.25, -0.2) is 0 Å². The fourth-order valence-electron chi connectivity index (χ4n) is 0.236. The van der Waals surface area contributed by atoms with Gasteiger partial charge in [0.2, 0.25) is 0 Å². The monoisotopic (exact) mass is 341 g/mol. The van der Waals surface area contributed by atoms with E-state index in [-0.39, 0.29) is 96.7 Å². The first-order chi connectivity index (χ1) is 2.77. The Balaban J connectivity index is -0.0000000125. The Hall–Kier alpha value is 2.60. The van der Waals surface area contributed by atoms with Crippen LogP contribution in [0.2, 0.25) is 19.6 Å². The van der Waals surface area contributed by atoms with E-state index in [2.05, 4.69) is 19.6 Å². The molecule has 0 spiro atoms. The summed E-state index contributed by atoms with van der Waals surface area (Å²) in [4.78, 5) is 0. The van der Waals surface area contributed by atoms with Crippen molar-refractivity contribution in [3.05, 3.63) is 22.3 Å². The molecular weight excluding hydrogens is 322 g/mol. The van der Waals surface area contributed by atoms with E-state index in [9.17, 15) is 0 Å². The average molecular weight is 341 g/mol. The van der Waals surface area contributed by atoms with Crippen LogP contribution in [-0.4, -0.2) is 18.8 Å². The zero-order valence-corrected chi connectivity index (χ0v) is 16.5. The molecule has 0 aliphatic heterocycles. The molecule has 0 fully saturated rings. The maximum absolute atomic E-state index is 5.23. The maximum atomic E-state index is 5.23. The van der Waals surface area contributed by atoms with Crippen LogP contribution in [0.15, 0.2) is 0 Å². The summed E-state index contributed by atoms with van der Waals surface area (Å²) < 4.78 is 5.23. The molecule has 0 saturated carbocycles. The fraction of sp³-hybridized carbons (Fsp3) is 0.500. The van der Waals surface area contributed by atoms with Gasteiger partial charge in [-0.15, -0.1) is 0 Å². The van der Waals surface area contributed by atoms with E-state index >= 15 is 0 Å². The molecular formula is C6H19OSi2Y2-3. The minimum atomic E-state index is -0.349. The Morgan fingerprint density at radius 1 is 1.00 bits per heavy atom. The summed E-state index contributed by atoms with van der Waals surface area (Å²) >= 11 is 0. The SMILES string of the molecule is C[SiH]O[Si](C)C.[CH3-].[CH3-].[CH3-].[Y].[Y]. The first-order valence-corrected chi connectivity index (χ1v) is 6.05. The summed E-state index contributed by atoms with van der Waals surface area (Å²) in [6, 6.07) is 0. The standard InChI is InChI=1S/C3H10OSi2.3CH3.2Y/c1-5-4-6(2)3;;;;;/h5H,1-3H3;3*1H3;;/q;3*-1;;. The van der Waals surface area contributed by atoms with Gasteiger partial charge in [-0.2, -0.15) is 0 Å². The molecule has 0 unspecified atom stereocenters. The molecule has 1 nitrogen and oxygen atoms in total. The third-order valence-corrected chi connectivity index (χ3v) is 3.18. The van der Waals surface area contributed by atoms with E-state index in [1.807, 2.05) is 0 Å². The predicted octanol–water partition coefficient (Wildman–Crippen LogP) is 2.00. The van der Waals surface area contributed by atoms with Crippen LogP contribution in [0.25, 0.3) is 0 Å². The Morgan fingerprint density at radius 2 is 1.27 bits per heavy atom. The Kier molecular flexibility index (Phi) is 99.7. The first kappa shape index (κ1) is 37.4. The van der Waals surface area contributed by atoms with Gasteiger partial charge in [0.25, 0.3) is 0 Å². The van der Waals surface area contributed by atoms with E-state index < -0.39 is 0 Å².